The molecule has 0 radical (unpaired) electrons. The molecular weight excluding hydrogens is 665 g/mol. The van der Waals surface area contributed by atoms with Gasteiger partial charge in [-0.05, 0) is 118 Å². The van der Waals surface area contributed by atoms with Crippen LogP contribution in [0.3, 0.4) is 0 Å². The van der Waals surface area contributed by atoms with Crippen molar-refractivity contribution in [1.29, 1.82) is 0 Å². The van der Waals surface area contributed by atoms with Gasteiger partial charge in [-0.1, -0.05) is 158 Å². The predicted molar refractivity (Wildman–Crippen MR) is 234 cm³/mol. The number of benzene rings is 10. The summed E-state index contributed by atoms with van der Waals surface area (Å²) in [4.78, 5) is 5.16. The van der Waals surface area contributed by atoms with Gasteiger partial charge in [0.25, 0.3) is 0 Å². The van der Waals surface area contributed by atoms with Gasteiger partial charge in [0, 0.05) is 10.8 Å². The molecule has 0 N–H and O–H groups in total. The van der Waals surface area contributed by atoms with E-state index in [0.29, 0.717) is 0 Å². The van der Waals surface area contributed by atoms with E-state index < -0.39 is 0 Å². The molecule has 12 aromatic rings. The van der Waals surface area contributed by atoms with Crippen LogP contribution in [0.25, 0.3) is 115 Å². The lowest BCUT2D eigenvalue weighted by Crippen LogP contribution is -1.94. The molecule has 2 aromatic heterocycles. The lowest BCUT2D eigenvalue weighted by Gasteiger charge is -2.20. The van der Waals surface area contributed by atoms with Crippen molar-refractivity contribution in [3.8, 4) is 33.4 Å². The van der Waals surface area contributed by atoms with E-state index >= 15 is 0 Å². The molecular formula is C53H32N2. The number of imidazole rings is 1. The summed E-state index contributed by atoms with van der Waals surface area (Å²) in [6.45, 7) is 0. The van der Waals surface area contributed by atoms with Gasteiger partial charge in [0.05, 0.1) is 16.6 Å². The van der Waals surface area contributed by atoms with Crippen LogP contribution in [0.4, 0.5) is 0 Å². The third kappa shape index (κ3) is 4.40. The molecule has 2 heteroatoms. The number of nitrogens with zero attached hydrogens (tertiary/aromatic N) is 2. The fraction of sp³-hybridized carbons (Fsp3) is 0. The lowest BCUT2D eigenvalue weighted by atomic mass is 9.83. The minimum atomic E-state index is 0.990. The molecule has 0 amide bonds. The molecule has 0 aliphatic carbocycles. The van der Waals surface area contributed by atoms with Crippen molar-refractivity contribution in [2.24, 2.45) is 0 Å². The van der Waals surface area contributed by atoms with E-state index in [1.54, 1.807) is 0 Å². The number of rotatable bonds is 3. The topological polar surface area (TPSA) is 17.3 Å². The molecule has 254 valence electrons. The molecule has 0 fully saturated rings. The Morgan fingerprint density at radius 2 is 0.782 bits per heavy atom. The largest absolute Gasteiger partial charge is 0.292 e. The number of pyridine rings is 1. The van der Waals surface area contributed by atoms with Crippen molar-refractivity contribution in [2.75, 3.05) is 0 Å². The van der Waals surface area contributed by atoms with Crippen molar-refractivity contribution >= 4 is 81.4 Å². The van der Waals surface area contributed by atoms with E-state index in [4.69, 9.17) is 4.98 Å². The molecule has 2 nitrogen and oxygen atoms in total. The zero-order valence-electron chi connectivity index (χ0n) is 29.9. The summed E-state index contributed by atoms with van der Waals surface area (Å²) >= 11 is 0. The smallest absolute Gasteiger partial charge is 0.146 e. The Bertz CT molecular complexity index is 3540. The van der Waals surface area contributed by atoms with E-state index in [1.807, 2.05) is 0 Å². The number of para-hydroxylation sites is 3. The second-order valence-electron chi connectivity index (χ2n) is 14.6. The van der Waals surface area contributed by atoms with Gasteiger partial charge in [-0.2, -0.15) is 0 Å². The fourth-order valence-corrected chi connectivity index (χ4v) is 9.31. The Labute approximate surface area is 317 Å². The van der Waals surface area contributed by atoms with Crippen molar-refractivity contribution in [3.63, 3.8) is 0 Å². The van der Waals surface area contributed by atoms with Crippen LogP contribution in [-0.4, -0.2) is 9.38 Å². The maximum absolute atomic E-state index is 5.16. The van der Waals surface area contributed by atoms with Crippen LogP contribution in [0.15, 0.2) is 194 Å². The Hall–Kier alpha value is -7.29. The predicted octanol–water partition coefficient (Wildman–Crippen LogP) is 14.4. The summed E-state index contributed by atoms with van der Waals surface area (Å²) in [5, 5.41) is 13.6. The van der Waals surface area contributed by atoms with E-state index in [2.05, 4.69) is 199 Å². The van der Waals surface area contributed by atoms with Crippen molar-refractivity contribution in [2.45, 2.75) is 0 Å². The second-order valence-corrected chi connectivity index (χ2v) is 14.6. The van der Waals surface area contributed by atoms with Crippen LogP contribution in [0.1, 0.15) is 0 Å². The first-order valence-corrected chi connectivity index (χ1v) is 19.0. The monoisotopic (exact) mass is 696 g/mol. The van der Waals surface area contributed by atoms with E-state index in [1.165, 1.54) is 92.8 Å². The van der Waals surface area contributed by atoms with Gasteiger partial charge in [-0.3, -0.25) is 4.40 Å². The van der Waals surface area contributed by atoms with Gasteiger partial charge in [-0.25, -0.2) is 4.98 Å². The van der Waals surface area contributed by atoms with Gasteiger partial charge in [0.15, 0.2) is 0 Å². The molecule has 12 rings (SSSR count). The molecule has 0 atom stereocenters. The molecule has 0 saturated carbocycles. The number of aromatic nitrogens is 2. The normalized spacial score (nSPS) is 12.0. The van der Waals surface area contributed by atoms with Crippen molar-refractivity contribution in [3.05, 3.63) is 194 Å². The average molecular weight is 697 g/mol. The molecule has 0 spiro atoms. The molecule has 0 aliphatic heterocycles. The highest BCUT2D eigenvalue weighted by molar-refractivity contribution is 6.26. The summed E-state index contributed by atoms with van der Waals surface area (Å²) in [7, 11) is 0. The lowest BCUT2D eigenvalue weighted by molar-refractivity contribution is 1.31. The summed E-state index contributed by atoms with van der Waals surface area (Å²) in [5.74, 6) is 0. The van der Waals surface area contributed by atoms with Gasteiger partial charge < -0.3 is 0 Å². The summed E-state index contributed by atoms with van der Waals surface area (Å²) in [5.41, 5.74) is 11.7. The van der Waals surface area contributed by atoms with Gasteiger partial charge >= 0.3 is 0 Å². The van der Waals surface area contributed by atoms with Crippen LogP contribution in [0.5, 0.6) is 0 Å². The average Bonchev–Trinajstić information content (AvgIpc) is 3.65. The SMILES string of the molecule is c1ccc2c(-c3c4ccccc4c(-c4cccc5ccccc45)c4cc(-c5ccc6c(c5)c5ccccc5n5c7ccccc7nc65)ccc34)cccc2c1. The van der Waals surface area contributed by atoms with Gasteiger partial charge in [0.2, 0.25) is 0 Å². The number of hydrogen-bond donors (Lipinski definition) is 0. The highest BCUT2D eigenvalue weighted by Gasteiger charge is 2.20. The van der Waals surface area contributed by atoms with E-state index in [-0.39, 0.29) is 0 Å². The summed E-state index contributed by atoms with van der Waals surface area (Å²) < 4.78 is 2.32. The highest BCUT2D eigenvalue weighted by atomic mass is 15.0. The van der Waals surface area contributed by atoms with E-state index in [0.717, 1.165) is 22.1 Å². The molecule has 0 saturated heterocycles. The standard InChI is InChI=1S/C53H32N2/c1-3-17-37-33(13-1)15-11-22-40(37)51-42-20-5-6-21-43(42)52(41-23-12-16-34-14-2-4-18-38(34)41)47-32-36(27-29-44(47)51)35-28-30-45-46(31-35)39-19-7-9-25-49(39)55-50-26-10-8-24-48(50)54-53(45)55/h1-32H. The first-order valence-electron chi connectivity index (χ1n) is 19.0. The van der Waals surface area contributed by atoms with Crippen molar-refractivity contribution < 1.29 is 0 Å². The van der Waals surface area contributed by atoms with Crippen LogP contribution in [0.2, 0.25) is 0 Å². The molecule has 10 aromatic carbocycles. The quantitative estimate of drug-likeness (QED) is 0.133. The summed E-state index contributed by atoms with van der Waals surface area (Å²) in [6.07, 6.45) is 0. The Kier molecular flexibility index (Phi) is 6.37. The minimum absolute atomic E-state index is 0.990. The van der Waals surface area contributed by atoms with Crippen molar-refractivity contribution in [1.82, 2.24) is 9.38 Å². The Morgan fingerprint density at radius 1 is 0.309 bits per heavy atom. The summed E-state index contributed by atoms with van der Waals surface area (Å²) in [6, 6.07) is 71.2. The third-order valence-corrected chi connectivity index (χ3v) is 11.7. The second kappa shape index (κ2) is 11.6. The minimum Gasteiger partial charge on any atom is -0.292 e. The van der Waals surface area contributed by atoms with Crippen LogP contribution < -0.4 is 0 Å². The zero-order chi connectivity index (χ0) is 36.0. The maximum Gasteiger partial charge on any atom is 0.146 e. The van der Waals surface area contributed by atoms with Gasteiger partial charge in [0.1, 0.15) is 5.65 Å². The van der Waals surface area contributed by atoms with Gasteiger partial charge in [-0.15, -0.1) is 0 Å². The number of fused-ring (bicyclic) bond motifs is 12. The Morgan fingerprint density at radius 3 is 1.45 bits per heavy atom. The Balaban J connectivity index is 1.20. The third-order valence-electron chi connectivity index (χ3n) is 11.7. The van der Waals surface area contributed by atoms with E-state index in [9.17, 15) is 0 Å². The molecule has 0 unspecified atom stereocenters. The van der Waals surface area contributed by atoms with Crippen LogP contribution >= 0.6 is 0 Å². The maximum atomic E-state index is 5.16. The number of hydrogen-bond acceptors (Lipinski definition) is 1. The highest BCUT2D eigenvalue weighted by Crippen LogP contribution is 2.48. The molecule has 2 heterocycles. The van der Waals surface area contributed by atoms with Crippen LogP contribution in [-0.2, 0) is 0 Å². The fourth-order valence-electron chi connectivity index (χ4n) is 9.31. The molecule has 55 heavy (non-hydrogen) atoms. The zero-order valence-corrected chi connectivity index (χ0v) is 29.9. The first-order chi connectivity index (χ1) is 27.3. The van der Waals surface area contributed by atoms with Crippen LogP contribution in [0, 0.1) is 0 Å². The molecule has 0 aliphatic rings. The first kappa shape index (κ1) is 30.2. The molecule has 0 bridgehead atoms.